The molecule has 14 heteroatoms. The van der Waals surface area contributed by atoms with Crippen LogP contribution in [0.2, 0.25) is 0 Å². The van der Waals surface area contributed by atoms with E-state index in [1.54, 1.807) is 60.7 Å². The maximum absolute atomic E-state index is 13.9. The number of piperidine rings is 2. The van der Waals surface area contributed by atoms with Crippen molar-refractivity contribution in [3.63, 3.8) is 0 Å². The molecule has 14 nitrogen and oxygen atoms in total. The Balaban J connectivity index is 0.752. The van der Waals surface area contributed by atoms with Crippen molar-refractivity contribution < 1.29 is 39.2 Å². The highest BCUT2D eigenvalue weighted by Crippen LogP contribution is 2.35. The molecule has 0 radical (unpaired) electrons. The van der Waals surface area contributed by atoms with Gasteiger partial charge >= 0.3 is 5.97 Å². The molecule has 1 unspecified atom stereocenters. The molecule has 1 aliphatic carbocycles. The summed E-state index contributed by atoms with van der Waals surface area (Å²) in [5.41, 5.74) is 0.424. The standard InChI is InChI=1S/C53H63N5O9/c59-46-20-18-44(45-19-21-48(61)56-50(45)46)47(60)32-54-31-36-24-28-58(29-25-36)51(63)39-14-16-42(17-15-39)55-49(62)35-66-43-13-7-12-41(30-43)53(65,40-10-5-2-6-11-40)52(64)67-34-38-22-26-57(27-23-38)33-37-8-3-1-4-9-37/h1-13,18-21,30,36,38-39,42,47,54,59-60,65H,14-17,22-29,31-35H2,(H,55,62)(H,56,61)/t39?,42?,47-,53?/m0/s1. The Kier molecular flexibility index (Phi) is 15.7. The third-order valence-corrected chi connectivity index (χ3v) is 13.9. The van der Waals surface area contributed by atoms with E-state index in [0.29, 0.717) is 85.6 Å². The minimum Gasteiger partial charge on any atom is -0.506 e. The molecule has 6 N–H and O–H groups in total. The summed E-state index contributed by atoms with van der Waals surface area (Å²) in [5, 5.41) is 40.3. The number of rotatable bonds is 17. The van der Waals surface area contributed by atoms with Crippen molar-refractivity contribution in [3.8, 4) is 11.5 Å². The number of amides is 2. The number of likely N-dealkylation sites (tertiary alicyclic amines) is 2. The lowest BCUT2D eigenvalue weighted by molar-refractivity contribution is -0.164. The summed E-state index contributed by atoms with van der Waals surface area (Å²) in [4.78, 5) is 59.3. The Hall–Kier alpha value is -6.06. The van der Waals surface area contributed by atoms with Gasteiger partial charge in [-0.15, -0.1) is 0 Å². The van der Waals surface area contributed by atoms with Crippen LogP contribution >= 0.6 is 0 Å². The van der Waals surface area contributed by atoms with Gasteiger partial charge in [0.1, 0.15) is 11.5 Å². The average molecular weight is 914 g/mol. The van der Waals surface area contributed by atoms with Gasteiger partial charge in [0.2, 0.25) is 17.1 Å². The lowest BCUT2D eigenvalue weighted by atomic mass is 9.84. The molecule has 2 amide bonds. The van der Waals surface area contributed by atoms with Gasteiger partial charge in [0.15, 0.2) is 6.61 Å². The lowest BCUT2D eigenvalue weighted by Crippen LogP contribution is -2.46. The Morgan fingerprint density at radius 3 is 2.19 bits per heavy atom. The van der Waals surface area contributed by atoms with Gasteiger partial charge in [0.05, 0.1) is 18.2 Å². The minimum atomic E-state index is -2.09. The smallest absolute Gasteiger partial charge is 0.347 e. The quantitative estimate of drug-likeness (QED) is 0.0642. The number of carbonyl (C=O) groups excluding carboxylic acids is 3. The molecule has 1 saturated carbocycles. The highest BCUT2D eigenvalue weighted by molar-refractivity contribution is 5.87. The summed E-state index contributed by atoms with van der Waals surface area (Å²) in [5.74, 6) is -0.132. The van der Waals surface area contributed by atoms with Crippen LogP contribution < -0.4 is 20.9 Å². The number of aliphatic hydroxyl groups is 2. The van der Waals surface area contributed by atoms with Gasteiger partial charge < -0.3 is 45.3 Å². The van der Waals surface area contributed by atoms with Gasteiger partial charge in [-0.2, -0.15) is 0 Å². The number of hydrogen-bond acceptors (Lipinski definition) is 11. The molecular weight excluding hydrogens is 851 g/mol. The van der Waals surface area contributed by atoms with Crippen LogP contribution in [0.25, 0.3) is 10.9 Å². The molecule has 3 fully saturated rings. The molecule has 3 aliphatic rings. The van der Waals surface area contributed by atoms with E-state index in [1.807, 2.05) is 17.0 Å². The van der Waals surface area contributed by atoms with E-state index in [2.05, 4.69) is 44.8 Å². The van der Waals surface area contributed by atoms with Crippen molar-refractivity contribution in [3.05, 3.63) is 142 Å². The summed E-state index contributed by atoms with van der Waals surface area (Å²) in [6.07, 6.45) is 5.41. The highest BCUT2D eigenvalue weighted by atomic mass is 16.5. The zero-order chi connectivity index (χ0) is 46.8. The van der Waals surface area contributed by atoms with Crippen molar-refractivity contribution in [2.75, 3.05) is 52.5 Å². The van der Waals surface area contributed by atoms with Crippen LogP contribution in [0.15, 0.2) is 114 Å². The van der Waals surface area contributed by atoms with E-state index in [9.17, 15) is 34.5 Å². The van der Waals surface area contributed by atoms with Crippen molar-refractivity contribution in [2.45, 2.75) is 75.7 Å². The topological polar surface area (TPSA) is 194 Å². The number of nitrogens with one attached hydrogen (secondary N) is 3. The number of phenols is 1. The number of pyridine rings is 1. The van der Waals surface area contributed by atoms with Gasteiger partial charge in [0.25, 0.3) is 5.91 Å². The van der Waals surface area contributed by atoms with E-state index in [1.165, 1.54) is 17.7 Å². The van der Waals surface area contributed by atoms with E-state index in [4.69, 9.17) is 9.47 Å². The van der Waals surface area contributed by atoms with Crippen LogP contribution in [0.5, 0.6) is 11.5 Å². The molecule has 0 spiro atoms. The van der Waals surface area contributed by atoms with Crippen LogP contribution in [0.1, 0.15) is 79.7 Å². The Morgan fingerprint density at radius 1 is 0.776 bits per heavy atom. The number of aromatic amines is 1. The van der Waals surface area contributed by atoms with Crippen LogP contribution in [-0.2, 0) is 31.3 Å². The summed E-state index contributed by atoms with van der Waals surface area (Å²) in [6, 6.07) is 31.8. The minimum absolute atomic E-state index is 0.0475. The number of esters is 1. The summed E-state index contributed by atoms with van der Waals surface area (Å²) in [7, 11) is 0. The third-order valence-electron chi connectivity index (χ3n) is 13.9. The summed E-state index contributed by atoms with van der Waals surface area (Å²) < 4.78 is 11.8. The number of aromatic hydroxyl groups is 1. The molecule has 67 heavy (non-hydrogen) atoms. The number of ether oxygens (including phenoxy) is 2. The van der Waals surface area contributed by atoms with Gasteiger partial charge in [-0.25, -0.2) is 4.79 Å². The third kappa shape index (κ3) is 11.9. The average Bonchev–Trinajstić information content (AvgIpc) is 3.36. The number of carbonyl (C=O) groups is 3. The molecule has 3 heterocycles. The molecule has 1 aromatic heterocycles. The highest BCUT2D eigenvalue weighted by Gasteiger charge is 2.42. The molecule has 5 aromatic rings. The van der Waals surface area contributed by atoms with Crippen molar-refractivity contribution >= 4 is 28.7 Å². The van der Waals surface area contributed by atoms with Crippen LogP contribution in [0, 0.1) is 17.8 Å². The van der Waals surface area contributed by atoms with Gasteiger partial charge in [-0.1, -0.05) is 78.9 Å². The Morgan fingerprint density at radius 2 is 1.46 bits per heavy atom. The van der Waals surface area contributed by atoms with Gasteiger partial charge in [-0.3, -0.25) is 19.3 Å². The van der Waals surface area contributed by atoms with Gasteiger partial charge in [0, 0.05) is 55.2 Å². The first-order valence-corrected chi connectivity index (χ1v) is 23.8. The largest absolute Gasteiger partial charge is 0.506 e. The number of hydrogen-bond donors (Lipinski definition) is 6. The molecule has 0 bridgehead atoms. The molecular formula is C53H63N5O9. The first-order valence-electron chi connectivity index (χ1n) is 23.8. The molecule has 2 atom stereocenters. The first kappa shape index (κ1) is 47.4. The number of aliphatic hydroxyl groups excluding tert-OH is 1. The predicted molar refractivity (Wildman–Crippen MR) is 254 cm³/mol. The maximum Gasteiger partial charge on any atom is 0.347 e. The fraction of sp³-hybridized carbons (Fsp3) is 0.434. The number of nitrogens with zero attached hydrogens (tertiary/aromatic N) is 2. The molecule has 2 saturated heterocycles. The zero-order valence-corrected chi connectivity index (χ0v) is 38.0. The van der Waals surface area contributed by atoms with Crippen LogP contribution in [0.3, 0.4) is 0 Å². The summed E-state index contributed by atoms with van der Waals surface area (Å²) >= 11 is 0. The molecule has 354 valence electrons. The summed E-state index contributed by atoms with van der Waals surface area (Å²) in [6.45, 7) is 5.02. The molecule has 2 aliphatic heterocycles. The lowest BCUT2D eigenvalue weighted by Gasteiger charge is -2.36. The van der Waals surface area contributed by atoms with E-state index in [0.717, 1.165) is 45.3 Å². The van der Waals surface area contributed by atoms with Gasteiger partial charge in [-0.05, 0) is 124 Å². The number of fused-ring (bicyclic) bond motifs is 1. The maximum atomic E-state index is 13.9. The molecule has 4 aromatic carbocycles. The van der Waals surface area contributed by atoms with Crippen LogP contribution in [0.4, 0.5) is 0 Å². The normalized spacial score (nSPS) is 19.9. The van der Waals surface area contributed by atoms with Crippen molar-refractivity contribution in [1.82, 2.24) is 25.4 Å². The second-order valence-corrected chi connectivity index (χ2v) is 18.5. The fourth-order valence-corrected chi connectivity index (χ4v) is 9.95. The fourth-order valence-electron chi connectivity index (χ4n) is 9.95. The Labute approximate surface area is 391 Å². The zero-order valence-electron chi connectivity index (χ0n) is 38.0. The van der Waals surface area contributed by atoms with E-state index >= 15 is 0 Å². The Bertz CT molecular complexity index is 2500. The number of benzene rings is 4. The monoisotopic (exact) mass is 913 g/mol. The second kappa shape index (κ2) is 22.2. The van der Waals surface area contributed by atoms with E-state index < -0.39 is 17.7 Å². The second-order valence-electron chi connectivity index (χ2n) is 18.5. The van der Waals surface area contributed by atoms with E-state index in [-0.39, 0.29) is 59.8 Å². The SMILES string of the molecule is O=C(COc1cccc(C(O)(C(=O)OCC2CCN(Cc3ccccc3)CC2)c2ccccc2)c1)NC1CCC(C(=O)N2CCC(CNC[C@H](O)c3ccc(O)c4[nH]c(=O)ccc34)CC2)CC1. The molecule has 8 rings (SSSR count). The first-order chi connectivity index (χ1) is 32.5. The van der Waals surface area contributed by atoms with Crippen LogP contribution in [-0.4, -0.2) is 106 Å². The predicted octanol–water partition coefficient (Wildman–Crippen LogP) is 5.54. The number of phenolic OH excluding ortho intramolecular Hbond substituents is 1. The van der Waals surface area contributed by atoms with Crippen molar-refractivity contribution in [2.24, 2.45) is 17.8 Å². The van der Waals surface area contributed by atoms with Crippen molar-refractivity contribution in [1.29, 1.82) is 0 Å². The number of aromatic nitrogens is 1. The number of H-pyrrole nitrogens is 1.